The van der Waals surface area contributed by atoms with Crippen molar-refractivity contribution in [3.05, 3.63) is 0 Å². The summed E-state index contributed by atoms with van der Waals surface area (Å²) in [6, 6.07) is 0. The Balaban J connectivity index is 2.03. The number of aliphatic hydroxyl groups excluding tert-OH is 4. The number of rotatable bonds is 15. The molecule has 28 heavy (non-hydrogen) atoms. The van der Waals surface area contributed by atoms with Crippen molar-refractivity contribution in [2.75, 3.05) is 19.8 Å². The van der Waals surface area contributed by atoms with E-state index in [1.807, 2.05) is 0 Å². The van der Waals surface area contributed by atoms with Crippen LogP contribution in [0.5, 0.6) is 0 Å². The van der Waals surface area contributed by atoms with Crippen molar-refractivity contribution >= 4 is 5.97 Å². The third-order valence-corrected chi connectivity index (χ3v) is 4.96. The van der Waals surface area contributed by atoms with Gasteiger partial charge in [-0.25, -0.2) is 0 Å². The average Bonchev–Trinajstić information content (AvgIpc) is 2.69. The second-order valence-electron chi connectivity index (χ2n) is 7.37. The van der Waals surface area contributed by atoms with E-state index >= 15 is 0 Å². The molecule has 1 heterocycles. The molecule has 0 saturated carbocycles. The number of carbonyl (C=O) groups excluding carboxylic acids is 1. The van der Waals surface area contributed by atoms with Gasteiger partial charge in [0.1, 0.15) is 31.0 Å². The smallest absolute Gasteiger partial charge is 0.305 e. The summed E-state index contributed by atoms with van der Waals surface area (Å²) in [7, 11) is 0. The molecule has 1 saturated heterocycles. The molecule has 8 nitrogen and oxygen atoms in total. The fourth-order valence-electron chi connectivity index (χ4n) is 3.18. The van der Waals surface area contributed by atoms with Crippen LogP contribution in [0.25, 0.3) is 0 Å². The van der Waals surface area contributed by atoms with Gasteiger partial charge in [0, 0.05) is 6.42 Å². The van der Waals surface area contributed by atoms with Crippen molar-refractivity contribution in [2.24, 2.45) is 0 Å². The number of aliphatic hydroxyl groups is 4. The Kier molecular flexibility index (Phi) is 13.6. The van der Waals surface area contributed by atoms with Crippen LogP contribution in [-0.2, 0) is 19.0 Å². The van der Waals surface area contributed by atoms with Crippen LogP contribution >= 0.6 is 0 Å². The van der Waals surface area contributed by atoms with Gasteiger partial charge < -0.3 is 34.6 Å². The van der Waals surface area contributed by atoms with E-state index in [2.05, 4.69) is 6.92 Å². The zero-order valence-electron chi connectivity index (χ0n) is 17.0. The van der Waals surface area contributed by atoms with Gasteiger partial charge in [-0.15, -0.1) is 0 Å². The molecule has 1 rings (SSSR count). The summed E-state index contributed by atoms with van der Waals surface area (Å²) >= 11 is 0. The maximum absolute atomic E-state index is 11.7. The lowest BCUT2D eigenvalue weighted by Gasteiger charge is -2.39. The molecule has 0 radical (unpaired) electrons. The van der Waals surface area contributed by atoms with E-state index in [9.17, 15) is 20.1 Å². The van der Waals surface area contributed by atoms with Gasteiger partial charge in [-0.05, 0) is 6.42 Å². The number of hydrogen-bond acceptors (Lipinski definition) is 8. The van der Waals surface area contributed by atoms with Crippen LogP contribution in [0.3, 0.4) is 0 Å². The Morgan fingerprint density at radius 1 is 0.857 bits per heavy atom. The highest BCUT2D eigenvalue weighted by Crippen LogP contribution is 2.21. The first kappa shape index (κ1) is 25.3. The van der Waals surface area contributed by atoms with Crippen molar-refractivity contribution in [3.8, 4) is 0 Å². The second-order valence-corrected chi connectivity index (χ2v) is 7.37. The van der Waals surface area contributed by atoms with E-state index in [4.69, 9.17) is 19.3 Å². The highest BCUT2D eigenvalue weighted by atomic mass is 16.7. The molecule has 1 aliphatic heterocycles. The zero-order valence-corrected chi connectivity index (χ0v) is 17.0. The van der Waals surface area contributed by atoms with Gasteiger partial charge >= 0.3 is 5.97 Å². The molecule has 0 unspecified atom stereocenters. The molecule has 0 spiro atoms. The van der Waals surface area contributed by atoms with Gasteiger partial charge in [-0.3, -0.25) is 4.79 Å². The van der Waals surface area contributed by atoms with Gasteiger partial charge in [0.25, 0.3) is 0 Å². The third-order valence-electron chi connectivity index (χ3n) is 4.96. The SMILES string of the molecule is CCCCCCCCCCCC(=O)OCCO[C@H]1O[C@H](CO)[C@@H](O)[C@H](O)[C@H]1O. The molecular weight excluding hydrogens is 368 g/mol. The lowest BCUT2D eigenvalue weighted by atomic mass is 9.99. The van der Waals surface area contributed by atoms with Crippen molar-refractivity contribution < 1.29 is 39.4 Å². The van der Waals surface area contributed by atoms with Gasteiger partial charge in [0.2, 0.25) is 0 Å². The van der Waals surface area contributed by atoms with Crippen LogP contribution < -0.4 is 0 Å². The fraction of sp³-hybridized carbons (Fsp3) is 0.950. The zero-order chi connectivity index (χ0) is 20.8. The molecule has 0 aromatic heterocycles. The number of esters is 1. The van der Waals surface area contributed by atoms with Crippen LogP contribution in [0, 0.1) is 0 Å². The predicted octanol–water partition coefficient (Wildman–Crippen LogP) is 1.27. The molecule has 0 aromatic carbocycles. The van der Waals surface area contributed by atoms with E-state index in [1.54, 1.807) is 0 Å². The third kappa shape index (κ3) is 9.62. The molecule has 8 heteroatoms. The molecule has 0 amide bonds. The highest BCUT2D eigenvalue weighted by molar-refractivity contribution is 5.69. The summed E-state index contributed by atoms with van der Waals surface area (Å²) in [5.41, 5.74) is 0. The summed E-state index contributed by atoms with van der Waals surface area (Å²) in [5, 5.41) is 38.3. The molecule has 1 fully saturated rings. The van der Waals surface area contributed by atoms with E-state index in [0.717, 1.165) is 19.3 Å². The Morgan fingerprint density at radius 2 is 1.46 bits per heavy atom. The van der Waals surface area contributed by atoms with E-state index < -0.39 is 37.3 Å². The predicted molar refractivity (Wildman–Crippen MR) is 103 cm³/mol. The molecule has 166 valence electrons. The quantitative estimate of drug-likeness (QED) is 0.237. The minimum atomic E-state index is -1.48. The molecule has 0 aromatic rings. The van der Waals surface area contributed by atoms with Crippen LogP contribution in [0.1, 0.15) is 71.1 Å². The van der Waals surface area contributed by atoms with Crippen LogP contribution in [-0.4, -0.2) is 76.9 Å². The fourth-order valence-corrected chi connectivity index (χ4v) is 3.18. The normalized spacial score (nSPS) is 27.7. The average molecular weight is 407 g/mol. The topological polar surface area (TPSA) is 126 Å². The maximum Gasteiger partial charge on any atom is 0.305 e. The van der Waals surface area contributed by atoms with Crippen LogP contribution in [0.15, 0.2) is 0 Å². The van der Waals surface area contributed by atoms with Crippen molar-refractivity contribution in [3.63, 3.8) is 0 Å². The molecular formula is C20H38O8. The number of unbranched alkanes of at least 4 members (excludes halogenated alkanes) is 8. The summed E-state index contributed by atoms with van der Waals surface area (Å²) in [6.45, 7) is 1.68. The van der Waals surface area contributed by atoms with Gasteiger partial charge in [0.05, 0.1) is 13.2 Å². The van der Waals surface area contributed by atoms with Gasteiger partial charge in [-0.1, -0.05) is 58.3 Å². The van der Waals surface area contributed by atoms with Gasteiger partial charge in [-0.2, -0.15) is 0 Å². The lowest BCUT2D eigenvalue weighted by Crippen LogP contribution is -2.59. The van der Waals surface area contributed by atoms with Gasteiger partial charge in [0.15, 0.2) is 6.29 Å². The Labute approximate surface area is 167 Å². The van der Waals surface area contributed by atoms with E-state index in [-0.39, 0.29) is 19.2 Å². The van der Waals surface area contributed by atoms with Crippen molar-refractivity contribution in [2.45, 2.75) is 102 Å². The van der Waals surface area contributed by atoms with Crippen molar-refractivity contribution in [1.29, 1.82) is 0 Å². The summed E-state index contributed by atoms with van der Waals surface area (Å²) < 4.78 is 15.5. The highest BCUT2D eigenvalue weighted by Gasteiger charge is 2.43. The number of carbonyl (C=O) groups is 1. The van der Waals surface area contributed by atoms with Crippen molar-refractivity contribution in [1.82, 2.24) is 0 Å². The van der Waals surface area contributed by atoms with Crippen LogP contribution in [0.2, 0.25) is 0 Å². The minimum Gasteiger partial charge on any atom is -0.463 e. The Bertz CT molecular complexity index is 404. The summed E-state index contributed by atoms with van der Waals surface area (Å²) in [4.78, 5) is 11.7. The minimum absolute atomic E-state index is 0.00524. The molecule has 5 atom stereocenters. The molecule has 0 aliphatic carbocycles. The molecule has 1 aliphatic rings. The summed E-state index contributed by atoms with van der Waals surface area (Å²) in [6.07, 6.45) is 4.42. The largest absolute Gasteiger partial charge is 0.463 e. The first-order valence-electron chi connectivity index (χ1n) is 10.6. The Morgan fingerprint density at radius 3 is 2.07 bits per heavy atom. The number of ether oxygens (including phenoxy) is 3. The summed E-state index contributed by atoms with van der Waals surface area (Å²) in [5.74, 6) is -0.291. The molecule has 0 bridgehead atoms. The first-order chi connectivity index (χ1) is 13.5. The van der Waals surface area contributed by atoms with Crippen LogP contribution in [0.4, 0.5) is 0 Å². The second kappa shape index (κ2) is 15.1. The Hall–Kier alpha value is -0.770. The maximum atomic E-state index is 11.7. The standard InChI is InChI=1S/C20H38O8/c1-2-3-4-5-6-7-8-9-10-11-16(22)26-12-13-27-20-19(25)18(24)17(23)15(14-21)28-20/h15,17-21,23-25H,2-14H2,1H3/t15-,17-,18+,19-,20+/m1/s1. The lowest BCUT2D eigenvalue weighted by molar-refractivity contribution is -0.302. The molecule has 4 N–H and O–H groups in total. The van der Waals surface area contributed by atoms with E-state index in [0.29, 0.717) is 6.42 Å². The monoisotopic (exact) mass is 406 g/mol. The number of hydrogen-bond donors (Lipinski definition) is 4. The van der Waals surface area contributed by atoms with E-state index in [1.165, 1.54) is 38.5 Å². The first-order valence-corrected chi connectivity index (χ1v) is 10.6.